The van der Waals surface area contributed by atoms with Gasteiger partial charge in [-0.2, -0.15) is 5.10 Å². The Morgan fingerprint density at radius 2 is 2.07 bits per heavy atom. The average molecular weight is 437 g/mol. The Morgan fingerprint density at radius 3 is 2.80 bits per heavy atom. The van der Waals surface area contributed by atoms with E-state index < -0.39 is 27.6 Å². The van der Waals surface area contributed by atoms with Crippen LogP contribution in [-0.4, -0.2) is 31.7 Å². The first-order chi connectivity index (χ1) is 14.1. The van der Waals surface area contributed by atoms with Crippen LogP contribution in [0.5, 0.6) is 5.88 Å². The smallest absolute Gasteiger partial charge is 0.270 e. The highest BCUT2D eigenvalue weighted by Crippen LogP contribution is 2.42. The van der Waals surface area contributed by atoms with Crippen LogP contribution in [0.3, 0.4) is 0 Å². The molecule has 30 heavy (non-hydrogen) atoms. The molecule has 2 aliphatic carbocycles. The van der Waals surface area contributed by atoms with Crippen LogP contribution in [0.2, 0.25) is 0 Å². The van der Waals surface area contributed by atoms with Gasteiger partial charge in [0.15, 0.2) is 0 Å². The Hall–Kier alpha value is -2.53. The Kier molecular flexibility index (Phi) is 4.04. The van der Waals surface area contributed by atoms with Gasteiger partial charge in [0.05, 0.1) is 12.7 Å². The number of fused-ring (bicyclic) bond motifs is 3. The fourth-order valence-corrected chi connectivity index (χ4v) is 5.30. The Bertz CT molecular complexity index is 1210. The number of benzene rings is 1. The van der Waals surface area contributed by atoms with Crippen molar-refractivity contribution in [3.8, 4) is 5.88 Å². The topological polar surface area (TPSA) is 123 Å². The molecule has 1 aromatic heterocycles. The number of anilines is 1. The molecule has 1 aliphatic heterocycles. The fraction of sp³-hybridized carbons (Fsp3) is 0.474. The number of carbonyl (C=O) groups excluding carboxylic acids is 1. The molecule has 8 nitrogen and oxygen atoms in total. The summed E-state index contributed by atoms with van der Waals surface area (Å²) in [5, 5.41) is 12.3. The highest BCUT2D eigenvalue weighted by molar-refractivity contribution is 7.90. The number of rotatable bonds is 3. The summed E-state index contributed by atoms with van der Waals surface area (Å²) in [5.74, 6) is -0.817. The van der Waals surface area contributed by atoms with Crippen molar-refractivity contribution in [1.29, 1.82) is 4.78 Å². The third-order valence-electron chi connectivity index (χ3n) is 6.15. The lowest BCUT2D eigenvalue weighted by Gasteiger charge is -2.24. The number of alkyl halides is 1. The summed E-state index contributed by atoms with van der Waals surface area (Å²) < 4.78 is 55.6. The molecule has 160 valence electrons. The fourth-order valence-electron chi connectivity index (χ4n) is 4.69. The molecule has 0 saturated carbocycles. The van der Waals surface area contributed by atoms with Gasteiger partial charge in [0, 0.05) is 18.5 Å². The third-order valence-corrected chi connectivity index (χ3v) is 7.08. The standard InChI is InChI=1S/C19H21F2N5O3S/c1-19(8-26-17(29-19)14(7-24-26)30(22,23)28)18(27)25-16-11-4-2-3-10(11)15(21)12-5-9(20)6-13(12)16/h7,9H,2-6,8H2,1H3,(H,25,27)(H3,22,23,28)/t9-,19?/m1/s1. The molecule has 0 fully saturated rings. The quantitative estimate of drug-likeness (QED) is 0.680. The summed E-state index contributed by atoms with van der Waals surface area (Å²) >= 11 is 0. The van der Waals surface area contributed by atoms with Crippen molar-refractivity contribution in [2.45, 2.75) is 62.2 Å². The molecular formula is C19H21F2N5O3S. The number of hydrogen-bond acceptors (Lipinski definition) is 5. The average Bonchev–Trinajstić information content (AvgIpc) is 3.39. The molecule has 1 aromatic carbocycles. The van der Waals surface area contributed by atoms with Gasteiger partial charge in [-0.1, -0.05) is 0 Å². The van der Waals surface area contributed by atoms with Crippen molar-refractivity contribution in [3.05, 3.63) is 34.3 Å². The number of nitrogens with one attached hydrogen (secondary N) is 2. The lowest BCUT2D eigenvalue weighted by molar-refractivity contribution is -0.129. The Morgan fingerprint density at radius 1 is 1.37 bits per heavy atom. The summed E-state index contributed by atoms with van der Waals surface area (Å²) in [5.41, 5.74) is 1.24. The van der Waals surface area contributed by atoms with Crippen molar-refractivity contribution >= 4 is 21.5 Å². The second-order valence-corrected chi connectivity index (χ2v) is 9.96. The van der Waals surface area contributed by atoms with Crippen molar-refractivity contribution < 1.29 is 22.5 Å². The van der Waals surface area contributed by atoms with Crippen LogP contribution in [0.4, 0.5) is 14.5 Å². The van der Waals surface area contributed by atoms with E-state index in [1.54, 1.807) is 6.92 Å². The zero-order chi connectivity index (χ0) is 21.4. The van der Waals surface area contributed by atoms with Crippen molar-refractivity contribution in [1.82, 2.24) is 9.78 Å². The van der Waals surface area contributed by atoms with E-state index in [1.807, 2.05) is 0 Å². The van der Waals surface area contributed by atoms with E-state index in [0.29, 0.717) is 35.2 Å². The molecule has 4 N–H and O–H groups in total. The highest BCUT2D eigenvalue weighted by Gasteiger charge is 2.46. The van der Waals surface area contributed by atoms with E-state index in [9.17, 15) is 17.8 Å². The molecular weight excluding hydrogens is 416 g/mol. The second-order valence-electron chi connectivity index (χ2n) is 8.32. The Labute approximate surface area is 171 Å². The van der Waals surface area contributed by atoms with Crippen LogP contribution in [-0.2, 0) is 46.9 Å². The number of ether oxygens (including phenoxy) is 1. The van der Waals surface area contributed by atoms with Crippen LogP contribution < -0.4 is 15.2 Å². The van der Waals surface area contributed by atoms with E-state index >= 15 is 0 Å². The number of halogens is 2. The van der Waals surface area contributed by atoms with Crippen LogP contribution in [0.15, 0.2) is 11.1 Å². The van der Waals surface area contributed by atoms with E-state index in [2.05, 4.69) is 10.4 Å². The van der Waals surface area contributed by atoms with Gasteiger partial charge >= 0.3 is 0 Å². The van der Waals surface area contributed by atoms with Crippen LogP contribution in [0, 0.1) is 10.6 Å². The summed E-state index contributed by atoms with van der Waals surface area (Å²) in [7, 11) is -3.57. The zero-order valence-corrected chi connectivity index (χ0v) is 17.1. The molecule has 2 heterocycles. The monoisotopic (exact) mass is 437 g/mol. The molecule has 11 heteroatoms. The normalized spacial score (nSPS) is 25.9. The minimum atomic E-state index is -3.57. The first-order valence-electron chi connectivity index (χ1n) is 9.70. The maximum Gasteiger partial charge on any atom is 0.270 e. The molecule has 0 bridgehead atoms. The number of amides is 1. The van der Waals surface area contributed by atoms with Crippen LogP contribution in [0.25, 0.3) is 0 Å². The second kappa shape index (κ2) is 6.24. The van der Waals surface area contributed by atoms with E-state index in [1.165, 1.54) is 10.9 Å². The van der Waals surface area contributed by atoms with Gasteiger partial charge in [-0.15, -0.1) is 0 Å². The van der Waals surface area contributed by atoms with Crippen molar-refractivity contribution in [2.75, 3.05) is 5.32 Å². The lowest BCUT2D eigenvalue weighted by Crippen LogP contribution is -2.45. The number of hydrogen-bond donors (Lipinski definition) is 3. The number of carbonyl (C=O) groups is 1. The van der Waals surface area contributed by atoms with Crippen LogP contribution >= 0.6 is 0 Å². The summed E-state index contributed by atoms with van der Waals surface area (Å²) in [6.07, 6.45) is 2.05. The van der Waals surface area contributed by atoms with E-state index in [0.717, 1.165) is 12.0 Å². The zero-order valence-electron chi connectivity index (χ0n) is 16.3. The van der Waals surface area contributed by atoms with Crippen molar-refractivity contribution in [3.63, 3.8) is 0 Å². The molecule has 2 unspecified atom stereocenters. The van der Waals surface area contributed by atoms with Gasteiger partial charge in [0.25, 0.3) is 5.91 Å². The molecule has 0 radical (unpaired) electrons. The molecule has 0 saturated heterocycles. The van der Waals surface area contributed by atoms with Gasteiger partial charge in [-0.25, -0.2) is 27.6 Å². The molecule has 2 aromatic rings. The largest absolute Gasteiger partial charge is 0.458 e. The Balaban J connectivity index is 1.49. The summed E-state index contributed by atoms with van der Waals surface area (Å²) in [6.45, 7) is 1.58. The molecule has 3 atom stereocenters. The van der Waals surface area contributed by atoms with Gasteiger partial charge in [0.2, 0.25) is 11.5 Å². The van der Waals surface area contributed by atoms with E-state index in [-0.39, 0.29) is 36.0 Å². The molecule has 1 amide bonds. The summed E-state index contributed by atoms with van der Waals surface area (Å²) in [4.78, 5) is 13.1. The third kappa shape index (κ3) is 2.75. The maximum absolute atomic E-state index is 14.9. The van der Waals surface area contributed by atoms with Gasteiger partial charge in [-0.05, 0) is 48.4 Å². The SMILES string of the molecule is CC1(C(=O)Nc2c3c(c(F)c4c2C[C@H](F)C4)CCC3)Cn2ncc(S(=N)(N)=O)c2O1. The lowest BCUT2D eigenvalue weighted by atomic mass is 9.96. The van der Waals surface area contributed by atoms with Gasteiger partial charge in [-0.3, -0.25) is 4.79 Å². The minimum absolute atomic E-state index is 0.0121. The van der Waals surface area contributed by atoms with Crippen LogP contribution in [0.1, 0.15) is 35.6 Å². The first kappa shape index (κ1) is 19.4. The van der Waals surface area contributed by atoms with Gasteiger partial charge < -0.3 is 10.1 Å². The molecule has 0 spiro atoms. The predicted octanol–water partition coefficient (Wildman–Crippen LogP) is 2.02. The highest BCUT2D eigenvalue weighted by atomic mass is 32.2. The number of aromatic nitrogens is 2. The minimum Gasteiger partial charge on any atom is -0.458 e. The van der Waals surface area contributed by atoms with E-state index in [4.69, 9.17) is 14.7 Å². The number of nitrogens with zero attached hydrogens (tertiary/aromatic N) is 2. The maximum atomic E-state index is 14.9. The number of nitrogens with two attached hydrogens (primary N) is 1. The van der Waals surface area contributed by atoms with Gasteiger partial charge in [0.1, 0.15) is 26.8 Å². The molecule has 3 aliphatic rings. The predicted molar refractivity (Wildman–Crippen MR) is 104 cm³/mol. The van der Waals surface area contributed by atoms with Crippen molar-refractivity contribution in [2.24, 2.45) is 5.14 Å². The molecule has 5 rings (SSSR count). The first-order valence-corrected chi connectivity index (χ1v) is 11.3. The summed E-state index contributed by atoms with van der Waals surface area (Å²) in [6, 6.07) is 0.